The molecule has 1 aromatic heterocycles. The first kappa shape index (κ1) is 21.3. The number of carbonyl (C=O) groups is 1. The summed E-state index contributed by atoms with van der Waals surface area (Å²) in [6.07, 6.45) is 0.599. The monoisotopic (exact) mass is 409 g/mol. The van der Waals surface area contributed by atoms with Gasteiger partial charge in [0.25, 0.3) is 5.69 Å². The normalized spacial score (nSPS) is 14.0. The van der Waals surface area contributed by atoms with Gasteiger partial charge >= 0.3 is 13.7 Å². The van der Waals surface area contributed by atoms with E-state index in [4.69, 9.17) is 13.8 Å². The summed E-state index contributed by atoms with van der Waals surface area (Å²) in [7, 11) is -4.14. The molecular weight excluding hydrogens is 389 g/mol. The molecule has 0 bridgehead atoms. The number of hydrogen-bond acceptors (Lipinski definition) is 8. The molecule has 2 rings (SSSR count). The number of esters is 1. The van der Waals surface area contributed by atoms with E-state index in [0.717, 1.165) is 12.3 Å². The van der Waals surface area contributed by atoms with E-state index in [1.807, 2.05) is 0 Å². The molecule has 28 heavy (non-hydrogen) atoms. The Labute approximate surface area is 161 Å². The number of nitrogens with one attached hydrogen (secondary N) is 1. The van der Waals surface area contributed by atoms with E-state index >= 15 is 0 Å². The maximum atomic E-state index is 13.2. The molecule has 0 saturated carbocycles. The molecule has 0 radical (unpaired) electrons. The maximum absolute atomic E-state index is 13.2. The highest BCUT2D eigenvalue weighted by Gasteiger charge is 2.34. The smallest absolute Gasteiger partial charge is 0.462 e. The number of para-hydroxylation sites is 1. The van der Waals surface area contributed by atoms with Crippen molar-refractivity contribution in [2.45, 2.75) is 32.9 Å². The van der Waals surface area contributed by atoms with Gasteiger partial charge in [-0.15, -0.1) is 0 Å². The fourth-order valence-corrected chi connectivity index (χ4v) is 3.45. The van der Waals surface area contributed by atoms with Crippen LogP contribution in [0.25, 0.3) is 0 Å². The van der Waals surface area contributed by atoms with Crippen LogP contribution in [-0.4, -0.2) is 28.0 Å². The predicted octanol–water partition coefficient (Wildman–Crippen LogP) is 3.49. The molecule has 0 aliphatic rings. The molecule has 2 atom stereocenters. The van der Waals surface area contributed by atoms with E-state index in [1.54, 1.807) is 44.2 Å². The summed E-state index contributed by atoms with van der Waals surface area (Å²) in [6.45, 7) is 4.81. The quantitative estimate of drug-likeness (QED) is 0.286. The minimum absolute atomic E-state index is 0.179. The molecule has 0 aliphatic carbocycles. The lowest BCUT2D eigenvalue weighted by Gasteiger charge is -2.23. The van der Waals surface area contributed by atoms with Crippen molar-refractivity contribution in [1.29, 1.82) is 0 Å². The Morgan fingerprint density at radius 3 is 2.36 bits per heavy atom. The Bertz CT molecular complexity index is 859. The lowest BCUT2D eigenvalue weighted by Crippen LogP contribution is -2.36. The number of benzene rings is 1. The van der Waals surface area contributed by atoms with E-state index in [1.165, 1.54) is 13.0 Å². The molecule has 1 N–H and O–H groups in total. The van der Waals surface area contributed by atoms with E-state index in [-0.39, 0.29) is 23.4 Å². The Morgan fingerprint density at radius 1 is 1.14 bits per heavy atom. The SMILES string of the molecule is CC(C)OC(=O)[C@H](C)N[P@](=O)(Oc1ccccc1)Oc1ccc([N+](=O)[O-])cn1. The molecule has 0 amide bonds. The molecular formula is C17H20N3O7P. The van der Waals surface area contributed by atoms with Gasteiger partial charge < -0.3 is 13.8 Å². The van der Waals surface area contributed by atoms with Crippen molar-refractivity contribution in [1.82, 2.24) is 10.1 Å². The number of aromatic nitrogens is 1. The third-order valence-corrected chi connectivity index (χ3v) is 4.75. The first-order valence-electron chi connectivity index (χ1n) is 8.31. The Morgan fingerprint density at radius 2 is 1.82 bits per heavy atom. The molecule has 1 heterocycles. The molecule has 0 unspecified atom stereocenters. The highest BCUT2D eigenvalue weighted by atomic mass is 31.2. The summed E-state index contributed by atoms with van der Waals surface area (Å²) in [5, 5.41) is 13.2. The van der Waals surface area contributed by atoms with Gasteiger partial charge in [0.15, 0.2) is 0 Å². The Balaban J connectivity index is 2.23. The van der Waals surface area contributed by atoms with Crippen molar-refractivity contribution in [2.75, 3.05) is 0 Å². The number of ether oxygens (including phenoxy) is 1. The van der Waals surface area contributed by atoms with E-state index in [0.29, 0.717) is 0 Å². The zero-order valence-electron chi connectivity index (χ0n) is 15.5. The van der Waals surface area contributed by atoms with Gasteiger partial charge in [0.05, 0.1) is 11.0 Å². The maximum Gasteiger partial charge on any atom is 0.514 e. The van der Waals surface area contributed by atoms with Crippen LogP contribution in [-0.2, 0) is 14.1 Å². The van der Waals surface area contributed by atoms with Crippen LogP contribution in [0, 0.1) is 10.1 Å². The van der Waals surface area contributed by atoms with Gasteiger partial charge in [0, 0.05) is 12.1 Å². The Kier molecular flexibility index (Phi) is 7.08. The average Bonchev–Trinajstić information content (AvgIpc) is 2.62. The second-order valence-corrected chi connectivity index (χ2v) is 7.56. The second kappa shape index (κ2) is 9.29. The first-order chi connectivity index (χ1) is 13.2. The molecule has 0 spiro atoms. The first-order valence-corrected chi connectivity index (χ1v) is 9.86. The van der Waals surface area contributed by atoms with Crippen LogP contribution < -0.4 is 14.1 Å². The fourth-order valence-electron chi connectivity index (χ4n) is 1.97. The fraction of sp³-hybridized carbons (Fsp3) is 0.294. The lowest BCUT2D eigenvalue weighted by atomic mass is 10.3. The summed E-state index contributed by atoms with van der Waals surface area (Å²) in [4.78, 5) is 25.9. The summed E-state index contributed by atoms with van der Waals surface area (Å²) >= 11 is 0. The number of nitrogens with zero attached hydrogens (tertiary/aromatic N) is 2. The van der Waals surface area contributed by atoms with Crippen LogP contribution in [0.4, 0.5) is 5.69 Å². The van der Waals surface area contributed by atoms with Crippen molar-refractivity contribution in [3.8, 4) is 11.6 Å². The third-order valence-electron chi connectivity index (χ3n) is 3.17. The van der Waals surface area contributed by atoms with Crippen molar-refractivity contribution in [2.24, 2.45) is 0 Å². The molecule has 0 saturated heterocycles. The summed E-state index contributed by atoms with van der Waals surface area (Å²) in [6, 6.07) is 9.49. The van der Waals surface area contributed by atoms with Crippen LogP contribution in [0.1, 0.15) is 20.8 Å². The van der Waals surface area contributed by atoms with Crippen LogP contribution >= 0.6 is 7.75 Å². The molecule has 1 aromatic carbocycles. The van der Waals surface area contributed by atoms with Crippen molar-refractivity contribution in [3.05, 3.63) is 58.8 Å². The standard InChI is InChI=1S/C17H20N3O7P/c1-12(2)25-17(21)13(3)19-28(24,26-15-7-5-4-6-8-15)27-16-10-9-14(11-18-16)20(22)23/h4-13H,1-3H3,(H,19,24)/t13-,28-/m0/s1. The van der Waals surface area contributed by atoms with Gasteiger partial charge in [-0.2, -0.15) is 5.09 Å². The van der Waals surface area contributed by atoms with Crippen molar-refractivity contribution in [3.63, 3.8) is 0 Å². The largest absolute Gasteiger partial charge is 0.514 e. The number of carbonyl (C=O) groups excluding carboxylic acids is 1. The average molecular weight is 409 g/mol. The minimum Gasteiger partial charge on any atom is -0.462 e. The molecule has 0 aliphatic heterocycles. The van der Waals surface area contributed by atoms with Crippen LogP contribution in [0.15, 0.2) is 48.7 Å². The number of nitro groups is 1. The lowest BCUT2D eigenvalue weighted by molar-refractivity contribution is -0.385. The molecule has 10 nitrogen and oxygen atoms in total. The summed E-state index contributed by atoms with van der Waals surface area (Å²) in [5.41, 5.74) is -0.256. The van der Waals surface area contributed by atoms with Crippen LogP contribution in [0.3, 0.4) is 0 Å². The molecule has 11 heteroatoms. The zero-order chi connectivity index (χ0) is 20.7. The number of hydrogen-bond donors (Lipinski definition) is 1. The van der Waals surface area contributed by atoms with Crippen molar-refractivity contribution < 1.29 is 28.1 Å². The zero-order valence-corrected chi connectivity index (χ0v) is 16.4. The number of rotatable bonds is 9. The Hall–Kier alpha value is -2.97. The van der Waals surface area contributed by atoms with E-state index in [2.05, 4.69) is 10.1 Å². The van der Waals surface area contributed by atoms with Gasteiger partial charge in [0.2, 0.25) is 5.88 Å². The molecule has 150 valence electrons. The number of pyridine rings is 1. The van der Waals surface area contributed by atoms with Gasteiger partial charge in [-0.1, -0.05) is 18.2 Å². The van der Waals surface area contributed by atoms with Gasteiger partial charge in [0.1, 0.15) is 18.0 Å². The second-order valence-electron chi connectivity index (χ2n) is 5.94. The highest BCUT2D eigenvalue weighted by molar-refractivity contribution is 7.52. The molecule has 2 aromatic rings. The van der Waals surface area contributed by atoms with Crippen LogP contribution in [0.5, 0.6) is 11.6 Å². The van der Waals surface area contributed by atoms with Gasteiger partial charge in [-0.05, 0) is 32.9 Å². The minimum atomic E-state index is -4.14. The van der Waals surface area contributed by atoms with Gasteiger partial charge in [-0.3, -0.25) is 14.9 Å². The van der Waals surface area contributed by atoms with E-state index in [9.17, 15) is 19.5 Å². The van der Waals surface area contributed by atoms with Crippen molar-refractivity contribution >= 4 is 19.4 Å². The summed E-state index contributed by atoms with van der Waals surface area (Å²) < 4.78 is 29.1. The topological polar surface area (TPSA) is 130 Å². The molecule has 0 fully saturated rings. The predicted molar refractivity (Wildman–Crippen MR) is 100 cm³/mol. The summed E-state index contributed by atoms with van der Waals surface area (Å²) in [5.74, 6) is -0.599. The van der Waals surface area contributed by atoms with E-state index < -0.39 is 24.7 Å². The third kappa shape index (κ3) is 6.33. The van der Waals surface area contributed by atoms with Gasteiger partial charge in [-0.25, -0.2) is 9.55 Å². The highest BCUT2D eigenvalue weighted by Crippen LogP contribution is 2.44. The van der Waals surface area contributed by atoms with Crippen LogP contribution in [0.2, 0.25) is 0 Å².